The van der Waals surface area contributed by atoms with Crippen LogP contribution in [0.1, 0.15) is 23.0 Å². The molecule has 0 fully saturated rings. The maximum absolute atomic E-state index is 12.4. The van der Waals surface area contributed by atoms with Gasteiger partial charge in [-0.25, -0.2) is 4.68 Å². The SMILES string of the molecule is CCc1c(C(=O)NCCNCCOC)cnn1-c1ccc(Br)cc1.Cl. The lowest BCUT2D eigenvalue weighted by Crippen LogP contribution is -2.33. The molecule has 8 heteroatoms. The van der Waals surface area contributed by atoms with Crippen molar-refractivity contribution in [2.75, 3.05) is 33.4 Å². The standard InChI is InChI=1S/C17H23BrN4O2.ClH/c1-3-16-15(17(23)20-9-8-19-10-11-24-2)12-21-22(16)14-6-4-13(18)5-7-14;/h4-7,12,19H,3,8-11H2,1-2H3,(H,20,23);1H. The summed E-state index contributed by atoms with van der Waals surface area (Å²) in [5.41, 5.74) is 2.47. The van der Waals surface area contributed by atoms with Crippen molar-refractivity contribution in [3.05, 3.63) is 46.2 Å². The molecule has 0 unspecified atom stereocenters. The largest absolute Gasteiger partial charge is 0.383 e. The molecule has 1 aromatic carbocycles. The number of nitrogens with one attached hydrogen (secondary N) is 2. The van der Waals surface area contributed by atoms with Gasteiger partial charge in [-0.1, -0.05) is 22.9 Å². The topological polar surface area (TPSA) is 68.2 Å². The van der Waals surface area contributed by atoms with Crippen LogP contribution in [0.3, 0.4) is 0 Å². The lowest BCUT2D eigenvalue weighted by Gasteiger charge is -2.09. The first-order valence-corrected chi connectivity index (χ1v) is 8.77. The number of benzene rings is 1. The van der Waals surface area contributed by atoms with Gasteiger partial charge in [-0.3, -0.25) is 4.79 Å². The fourth-order valence-electron chi connectivity index (χ4n) is 2.37. The molecule has 0 atom stereocenters. The first-order valence-electron chi connectivity index (χ1n) is 7.98. The summed E-state index contributed by atoms with van der Waals surface area (Å²) < 4.78 is 7.78. The van der Waals surface area contributed by atoms with E-state index in [0.29, 0.717) is 25.3 Å². The van der Waals surface area contributed by atoms with E-state index in [1.165, 1.54) is 0 Å². The molecule has 0 aliphatic rings. The van der Waals surface area contributed by atoms with E-state index in [1.807, 2.05) is 35.9 Å². The van der Waals surface area contributed by atoms with E-state index in [-0.39, 0.29) is 18.3 Å². The van der Waals surface area contributed by atoms with Crippen LogP contribution in [0.25, 0.3) is 5.69 Å². The van der Waals surface area contributed by atoms with Gasteiger partial charge < -0.3 is 15.4 Å². The van der Waals surface area contributed by atoms with Gasteiger partial charge in [-0.05, 0) is 30.7 Å². The van der Waals surface area contributed by atoms with Gasteiger partial charge in [-0.2, -0.15) is 5.10 Å². The molecule has 1 amide bonds. The van der Waals surface area contributed by atoms with Crippen LogP contribution in [0.15, 0.2) is 34.9 Å². The van der Waals surface area contributed by atoms with Crippen LogP contribution in [-0.2, 0) is 11.2 Å². The highest BCUT2D eigenvalue weighted by Gasteiger charge is 2.16. The van der Waals surface area contributed by atoms with E-state index in [2.05, 4.69) is 31.7 Å². The number of carbonyl (C=O) groups excluding carboxylic acids is 1. The van der Waals surface area contributed by atoms with Crippen LogP contribution in [0.5, 0.6) is 0 Å². The van der Waals surface area contributed by atoms with Crippen LogP contribution < -0.4 is 10.6 Å². The molecule has 2 aromatic rings. The van der Waals surface area contributed by atoms with E-state index >= 15 is 0 Å². The highest BCUT2D eigenvalue weighted by atomic mass is 79.9. The van der Waals surface area contributed by atoms with Crippen molar-refractivity contribution in [2.24, 2.45) is 0 Å². The minimum absolute atomic E-state index is 0. The molecule has 0 aliphatic carbocycles. The second-order valence-electron chi connectivity index (χ2n) is 5.25. The number of carbonyl (C=O) groups is 1. The van der Waals surface area contributed by atoms with Gasteiger partial charge in [0.15, 0.2) is 0 Å². The van der Waals surface area contributed by atoms with Crippen molar-refractivity contribution in [1.29, 1.82) is 0 Å². The average Bonchev–Trinajstić information content (AvgIpc) is 3.02. The summed E-state index contributed by atoms with van der Waals surface area (Å²) >= 11 is 3.43. The Balaban J connectivity index is 0.00000312. The number of nitrogens with zero attached hydrogens (tertiary/aromatic N) is 2. The van der Waals surface area contributed by atoms with Crippen LogP contribution in [0, 0.1) is 0 Å². The molecular weight excluding hydrogens is 408 g/mol. The Kier molecular flexibility index (Phi) is 9.74. The predicted molar refractivity (Wildman–Crippen MR) is 105 cm³/mol. The predicted octanol–water partition coefficient (Wildman–Crippen LogP) is 2.58. The number of hydrogen-bond acceptors (Lipinski definition) is 4. The van der Waals surface area contributed by atoms with E-state index in [9.17, 15) is 4.79 Å². The first kappa shape index (κ1) is 21.6. The van der Waals surface area contributed by atoms with E-state index in [4.69, 9.17) is 4.74 Å². The fraction of sp³-hybridized carbons (Fsp3) is 0.412. The molecule has 0 aliphatic heterocycles. The lowest BCUT2D eigenvalue weighted by molar-refractivity contribution is 0.0952. The minimum atomic E-state index is -0.0937. The van der Waals surface area contributed by atoms with Gasteiger partial charge in [0.05, 0.1) is 29.7 Å². The highest BCUT2D eigenvalue weighted by molar-refractivity contribution is 9.10. The summed E-state index contributed by atoms with van der Waals surface area (Å²) in [5.74, 6) is -0.0937. The maximum Gasteiger partial charge on any atom is 0.254 e. The Bertz CT molecular complexity index is 661. The Morgan fingerprint density at radius 1 is 1.24 bits per heavy atom. The number of aromatic nitrogens is 2. The third-order valence-electron chi connectivity index (χ3n) is 3.59. The summed E-state index contributed by atoms with van der Waals surface area (Å²) in [5, 5.41) is 10.5. The zero-order valence-electron chi connectivity index (χ0n) is 14.4. The van der Waals surface area contributed by atoms with Gasteiger partial charge in [-0.15, -0.1) is 12.4 Å². The van der Waals surface area contributed by atoms with E-state index in [1.54, 1.807) is 13.3 Å². The molecule has 0 spiro atoms. The molecular formula is C17H24BrClN4O2. The minimum Gasteiger partial charge on any atom is -0.383 e. The van der Waals surface area contributed by atoms with Gasteiger partial charge in [0.1, 0.15) is 0 Å². The van der Waals surface area contributed by atoms with Gasteiger partial charge in [0.2, 0.25) is 0 Å². The number of ether oxygens (including phenoxy) is 1. The third-order valence-corrected chi connectivity index (χ3v) is 4.12. The zero-order chi connectivity index (χ0) is 17.4. The summed E-state index contributed by atoms with van der Waals surface area (Å²) in [4.78, 5) is 12.4. The number of rotatable bonds is 9. The molecule has 1 heterocycles. The number of amides is 1. The van der Waals surface area contributed by atoms with Crippen LogP contribution in [-0.4, -0.2) is 49.0 Å². The lowest BCUT2D eigenvalue weighted by atomic mass is 10.2. The third kappa shape index (κ3) is 6.11. The molecule has 138 valence electrons. The van der Waals surface area contributed by atoms with Crippen LogP contribution in [0.4, 0.5) is 0 Å². The summed E-state index contributed by atoms with van der Waals surface area (Å²) in [7, 11) is 1.67. The van der Waals surface area contributed by atoms with Crippen LogP contribution >= 0.6 is 28.3 Å². The average molecular weight is 432 g/mol. The Morgan fingerprint density at radius 2 is 1.96 bits per heavy atom. The highest BCUT2D eigenvalue weighted by Crippen LogP contribution is 2.18. The summed E-state index contributed by atoms with van der Waals surface area (Å²) in [6.45, 7) is 4.73. The maximum atomic E-state index is 12.4. The molecule has 2 rings (SSSR count). The molecule has 6 nitrogen and oxygen atoms in total. The first-order chi connectivity index (χ1) is 11.7. The quantitative estimate of drug-likeness (QED) is 0.599. The van der Waals surface area contributed by atoms with Gasteiger partial charge in [0, 0.05) is 31.2 Å². The number of hydrogen-bond donors (Lipinski definition) is 2. The van der Waals surface area contributed by atoms with E-state index < -0.39 is 0 Å². The molecule has 25 heavy (non-hydrogen) atoms. The van der Waals surface area contributed by atoms with Crippen molar-refractivity contribution in [2.45, 2.75) is 13.3 Å². The fourth-order valence-corrected chi connectivity index (χ4v) is 2.63. The Hall–Kier alpha value is -1.41. The molecule has 0 saturated heterocycles. The van der Waals surface area contributed by atoms with Gasteiger partial charge in [0.25, 0.3) is 5.91 Å². The summed E-state index contributed by atoms with van der Waals surface area (Å²) in [6, 6.07) is 7.86. The second kappa shape index (κ2) is 11.3. The van der Waals surface area contributed by atoms with Crippen molar-refractivity contribution < 1.29 is 9.53 Å². The summed E-state index contributed by atoms with van der Waals surface area (Å²) in [6.07, 6.45) is 2.36. The molecule has 2 N–H and O–H groups in total. The number of methoxy groups -OCH3 is 1. The Labute approximate surface area is 162 Å². The van der Waals surface area contributed by atoms with Crippen LogP contribution in [0.2, 0.25) is 0 Å². The van der Waals surface area contributed by atoms with Gasteiger partial charge >= 0.3 is 0 Å². The van der Waals surface area contributed by atoms with Crippen molar-refractivity contribution in [1.82, 2.24) is 20.4 Å². The monoisotopic (exact) mass is 430 g/mol. The molecule has 0 radical (unpaired) electrons. The molecule has 1 aromatic heterocycles. The Morgan fingerprint density at radius 3 is 2.60 bits per heavy atom. The number of halogens is 2. The van der Waals surface area contributed by atoms with Crippen molar-refractivity contribution >= 4 is 34.2 Å². The molecule has 0 saturated carbocycles. The smallest absolute Gasteiger partial charge is 0.254 e. The second-order valence-corrected chi connectivity index (χ2v) is 6.16. The van der Waals surface area contributed by atoms with E-state index in [0.717, 1.165) is 28.8 Å². The zero-order valence-corrected chi connectivity index (χ0v) is 16.8. The molecule has 0 bridgehead atoms. The normalized spacial score (nSPS) is 10.4. The van der Waals surface area contributed by atoms with Crippen molar-refractivity contribution in [3.63, 3.8) is 0 Å². The van der Waals surface area contributed by atoms with Crippen molar-refractivity contribution in [3.8, 4) is 5.69 Å².